The fraction of sp³-hybridized carbons (Fsp3) is 0.400. The standard InChI is InChI=1S/C25H29N5O2/c1-17-20(10-7-11-22(17)32-3)24(31)30-15-25(16-30)14-29(12-19-8-5-4-6-9-19)13-21(25)23-26-18(2)27-28-23/h4-11,21H,12-16H2,1-3H3,(H,26,27,28). The number of carbonyl (C=O) groups is 1. The molecule has 2 aliphatic heterocycles. The lowest BCUT2D eigenvalue weighted by Gasteiger charge is -2.50. The number of ether oxygens (including phenoxy) is 1. The van der Waals surface area contributed by atoms with E-state index < -0.39 is 0 Å². The van der Waals surface area contributed by atoms with Crippen LogP contribution < -0.4 is 4.74 Å². The Morgan fingerprint density at radius 3 is 2.59 bits per heavy atom. The van der Waals surface area contributed by atoms with Gasteiger partial charge in [-0.2, -0.15) is 5.10 Å². The Labute approximate surface area is 188 Å². The summed E-state index contributed by atoms with van der Waals surface area (Å²) in [5.74, 6) is 2.71. The Kier molecular flexibility index (Phi) is 5.21. The summed E-state index contributed by atoms with van der Waals surface area (Å²) >= 11 is 0. The summed E-state index contributed by atoms with van der Waals surface area (Å²) in [6, 6.07) is 16.2. The molecule has 0 aliphatic carbocycles. The van der Waals surface area contributed by atoms with Crippen LogP contribution in [0.15, 0.2) is 48.5 Å². The van der Waals surface area contributed by atoms with Crippen molar-refractivity contribution >= 4 is 5.91 Å². The number of rotatable bonds is 5. The topological polar surface area (TPSA) is 74.3 Å². The van der Waals surface area contributed by atoms with Gasteiger partial charge in [0, 0.05) is 55.2 Å². The Balaban J connectivity index is 1.37. The number of aromatic nitrogens is 3. The fourth-order valence-electron chi connectivity index (χ4n) is 5.32. The van der Waals surface area contributed by atoms with Crippen molar-refractivity contribution in [1.29, 1.82) is 0 Å². The first kappa shape index (κ1) is 20.7. The first-order valence-corrected chi connectivity index (χ1v) is 11.1. The molecule has 5 rings (SSSR count). The van der Waals surface area contributed by atoms with Gasteiger partial charge in [0.25, 0.3) is 5.91 Å². The van der Waals surface area contributed by atoms with Gasteiger partial charge in [-0.1, -0.05) is 36.4 Å². The van der Waals surface area contributed by atoms with E-state index >= 15 is 0 Å². The normalized spacial score (nSPS) is 19.8. The molecule has 0 bridgehead atoms. The maximum Gasteiger partial charge on any atom is 0.254 e. The molecule has 1 aromatic heterocycles. The highest BCUT2D eigenvalue weighted by molar-refractivity contribution is 5.97. The SMILES string of the molecule is COc1cccc(C(=O)N2CC3(CN(Cc4ccccc4)CC3c3n[nH]c(C)n3)C2)c1C. The third-order valence-electron chi connectivity index (χ3n) is 6.93. The van der Waals surface area contributed by atoms with Crippen LogP contribution in [0.4, 0.5) is 0 Å². The Hall–Kier alpha value is -3.19. The average molecular weight is 432 g/mol. The number of aromatic amines is 1. The summed E-state index contributed by atoms with van der Waals surface area (Å²) < 4.78 is 5.41. The number of nitrogens with one attached hydrogen (secondary N) is 1. The van der Waals surface area contributed by atoms with Crippen molar-refractivity contribution in [2.45, 2.75) is 26.3 Å². The van der Waals surface area contributed by atoms with Crippen molar-refractivity contribution in [2.75, 3.05) is 33.3 Å². The number of likely N-dealkylation sites (tertiary alicyclic amines) is 2. The minimum atomic E-state index is -0.0220. The molecule has 3 heterocycles. The Morgan fingerprint density at radius 2 is 1.91 bits per heavy atom. The number of hydrogen-bond donors (Lipinski definition) is 1. The highest BCUT2D eigenvalue weighted by atomic mass is 16.5. The molecule has 0 radical (unpaired) electrons. The van der Waals surface area contributed by atoms with Crippen molar-refractivity contribution in [3.63, 3.8) is 0 Å². The molecule has 0 saturated carbocycles. The van der Waals surface area contributed by atoms with Gasteiger partial charge in [-0.25, -0.2) is 4.98 Å². The first-order valence-electron chi connectivity index (χ1n) is 11.1. The maximum atomic E-state index is 13.3. The van der Waals surface area contributed by atoms with Crippen LogP contribution >= 0.6 is 0 Å². The molecule has 1 N–H and O–H groups in total. The van der Waals surface area contributed by atoms with Crippen molar-refractivity contribution in [1.82, 2.24) is 25.0 Å². The summed E-state index contributed by atoms with van der Waals surface area (Å²) in [6.45, 7) is 8.02. The van der Waals surface area contributed by atoms with Gasteiger partial charge in [0.05, 0.1) is 7.11 Å². The predicted octanol–water partition coefficient (Wildman–Crippen LogP) is 3.17. The van der Waals surface area contributed by atoms with Crippen molar-refractivity contribution in [3.05, 3.63) is 76.9 Å². The number of amides is 1. The van der Waals surface area contributed by atoms with Gasteiger partial charge in [0.15, 0.2) is 5.82 Å². The van der Waals surface area contributed by atoms with E-state index in [4.69, 9.17) is 4.74 Å². The molecule has 2 aromatic carbocycles. The minimum Gasteiger partial charge on any atom is -0.496 e. The molecule has 1 amide bonds. The van der Waals surface area contributed by atoms with Crippen LogP contribution in [0.3, 0.4) is 0 Å². The third kappa shape index (κ3) is 3.56. The average Bonchev–Trinajstić information content (AvgIpc) is 3.36. The predicted molar refractivity (Wildman–Crippen MR) is 122 cm³/mol. The van der Waals surface area contributed by atoms with E-state index in [0.29, 0.717) is 18.7 Å². The fourth-order valence-corrected chi connectivity index (χ4v) is 5.32. The number of methoxy groups -OCH3 is 1. The largest absolute Gasteiger partial charge is 0.496 e. The molecule has 1 atom stereocenters. The second-order valence-electron chi connectivity index (χ2n) is 9.14. The number of H-pyrrole nitrogens is 1. The smallest absolute Gasteiger partial charge is 0.254 e. The van der Waals surface area contributed by atoms with Crippen LogP contribution in [-0.4, -0.2) is 64.2 Å². The number of benzene rings is 2. The van der Waals surface area contributed by atoms with E-state index in [1.165, 1.54) is 5.56 Å². The molecule has 1 spiro atoms. The summed E-state index contributed by atoms with van der Waals surface area (Å²) in [7, 11) is 1.64. The lowest BCUT2D eigenvalue weighted by Crippen LogP contribution is -2.61. The maximum absolute atomic E-state index is 13.3. The van der Waals surface area contributed by atoms with Crippen LogP contribution in [0, 0.1) is 19.3 Å². The van der Waals surface area contributed by atoms with E-state index in [0.717, 1.165) is 42.6 Å². The van der Waals surface area contributed by atoms with Crippen molar-refractivity contribution in [2.24, 2.45) is 5.41 Å². The van der Waals surface area contributed by atoms with Crippen LogP contribution in [0.1, 0.15) is 39.1 Å². The summed E-state index contributed by atoms with van der Waals surface area (Å²) in [5, 5.41) is 7.50. The highest BCUT2D eigenvalue weighted by Crippen LogP contribution is 2.49. The molecular formula is C25H29N5O2. The van der Waals surface area contributed by atoms with Gasteiger partial charge < -0.3 is 9.64 Å². The summed E-state index contributed by atoms with van der Waals surface area (Å²) in [6.07, 6.45) is 0. The van der Waals surface area contributed by atoms with Crippen molar-refractivity contribution < 1.29 is 9.53 Å². The van der Waals surface area contributed by atoms with Gasteiger partial charge in [0.1, 0.15) is 11.6 Å². The lowest BCUT2D eigenvalue weighted by molar-refractivity contribution is 0.00172. The molecule has 32 heavy (non-hydrogen) atoms. The Bertz CT molecular complexity index is 1120. The van der Waals surface area contributed by atoms with Crippen LogP contribution in [0.2, 0.25) is 0 Å². The molecule has 166 valence electrons. The molecule has 2 aliphatic rings. The van der Waals surface area contributed by atoms with Gasteiger partial charge in [-0.15, -0.1) is 0 Å². The number of hydrogen-bond acceptors (Lipinski definition) is 5. The van der Waals surface area contributed by atoms with E-state index in [9.17, 15) is 4.79 Å². The molecule has 3 aromatic rings. The monoisotopic (exact) mass is 431 g/mol. The zero-order chi connectivity index (χ0) is 22.3. The van der Waals surface area contributed by atoms with Gasteiger partial charge in [0.2, 0.25) is 0 Å². The van der Waals surface area contributed by atoms with E-state index in [1.54, 1.807) is 7.11 Å². The second-order valence-corrected chi connectivity index (χ2v) is 9.14. The summed E-state index contributed by atoms with van der Waals surface area (Å²) in [4.78, 5) is 22.4. The second kappa shape index (κ2) is 8.06. The van der Waals surface area contributed by atoms with Gasteiger partial charge >= 0.3 is 0 Å². The number of nitrogens with zero attached hydrogens (tertiary/aromatic N) is 4. The number of carbonyl (C=O) groups excluding carboxylic acids is 1. The molecule has 7 heteroatoms. The van der Waals surface area contributed by atoms with Crippen molar-refractivity contribution in [3.8, 4) is 5.75 Å². The lowest BCUT2D eigenvalue weighted by atomic mass is 9.71. The number of aryl methyl sites for hydroxylation is 1. The van der Waals surface area contributed by atoms with E-state index in [-0.39, 0.29) is 17.2 Å². The molecule has 7 nitrogen and oxygen atoms in total. The highest BCUT2D eigenvalue weighted by Gasteiger charge is 2.57. The quantitative estimate of drug-likeness (QED) is 0.672. The molecule has 2 fully saturated rings. The Morgan fingerprint density at radius 1 is 1.12 bits per heavy atom. The molecular weight excluding hydrogens is 402 g/mol. The minimum absolute atomic E-state index is 0.0220. The van der Waals surface area contributed by atoms with Crippen LogP contribution in [0.25, 0.3) is 0 Å². The first-order chi connectivity index (χ1) is 15.5. The van der Waals surface area contributed by atoms with E-state index in [1.807, 2.05) is 43.0 Å². The third-order valence-corrected chi connectivity index (χ3v) is 6.93. The molecule has 2 saturated heterocycles. The van der Waals surface area contributed by atoms with E-state index in [2.05, 4.69) is 44.3 Å². The van der Waals surface area contributed by atoms with Gasteiger partial charge in [-0.05, 0) is 31.5 Å². The van der Waals surface area contributed by atoms with Gasteiger partial charge in [-0.3, -0.25) is 14.8 Å². The van der Waals surface area contributed by atoms with Crippen LogP contribution in [0.5, 0.6) is 5.75 Å². The zero-order valence-electron chi connectivity index (χ0n) is 18.8. The molecule has 1 unspecified atom stereocenters. The van der Waals surface area contributed by atoms with Crippen LogP contribution in [-0.2, 0) is 6.54 Å². The zero-order valence-corrected chi connectivity index (χ0v) is 18.8. The summed E-state index contributed by atoms with van der Waals surface area (Å²) in [5.41, 5.74) is 2.88.